The number of aliphatic hydroxyl groups excluding tert-OH is 1. The minimum atomic E-state index is -1.36. The van der Waals surface area contributed by atoms with E-state index in [1.807, 2.05) is 85.9 Å². The minimum absolute atomic E-state index is 0.000950. The fraction of sp³-hybridized carbons (Fsp3) is 0.483. The number of phenols is 1. The van der Waals surface area contributed by atoms with Crippen LogP contribution in [0.3, 0.4) is 0 Å². The van der Waals surface area contributed by atoms with Crippen molar-refractivity contribution < 1.29 is 43.7 Å². The Morgan fingerprint density at radius 2 is 1.40 bits per heavy atom. The molecule has 19 nitrogen and oxygen atoms in total. The third-order valence-electron chi connectivity index (χ3n) is 13.7. The zero-order chi connectivity index (χ0) is 58.2. The van der Waals surface area contributed by atoms with Crippen LogP contribution in [0.5, 0.6) is 5.75 Å². The van der Waals surface area contributed by atoms with Crippen molar-refractivity contribution in [3.8, 4) is 5.75 Å². The summed E-state index contributed by atoms with van der Waals surface area (Å²) in [5, 5.41) is 45.0. The average Bonchev–Trinajstić information content (AvgIpc) is 3.88. The fourth-order valence-corrected chi connectivity index (χ4v) is 11.3. The van der Waals surface area contributed by atoms with Crippen molar-refractivity contribution in [1.29, 1.82) is 0 Å². The summed E-state index contributed by atoms with van der Waals surface area (Å²) >= 11 is 0. The highest BCUT2D eigenvalue weighted by molar-refractivity contribution is 8.76. The van der Waals surface area contributed by atoms with Gasteiger partial charge in [0.2, 0.25) is 29.5 Å². The molecule has 1 aliphatic heterocycles. The Balaban J connectivity index is 1.33. The number of ether oxygens (including phenoxy) is 1. The van der Waals surface area contributed by atoms with Crippen LogP contribution < -0.4 is 37.2 Å². The number of amides is 6. The van der Waals surface area contributed by atoms with E-state index in [1.54, 1.807) is 54.8 Å². The van der Waals surface area contributed by atoms with E-state index in [4.69, 9.17) is 4.74 Å². The lowest BCUT2D eigenvalue weighted by Gasteiger charge is -2.31. The average molecular weight is 1150 g/mol. The Hall–Kier alpha value is -6.65. The number of carbonyl (C=O) groups is 6. The predicted octanol–water partition coefficient (Wildman–Crippen LogP) is 6.09. The number of aromatic nitrogens is 2. The van der Waals surface area contributed by atoms with Crippen molar-refractivity contribution in [3.05, 3.63) is 126 Å². The Bertz CT molecular complexity index is 2770. The number of nitrogens with zero attached hydrogens (tertiary/aromatic N) is 2. The van der Waals surface area contributed by atoms with Crippen LogP contribution in [0.2, 0.25) is 0 Å². The topological polar surface area (TPSA) is 268 Å². The number of hydrogen-bond acceptors (Lipinski definition) is 14. The monoisotopic (exact) mass is 1150 g/mol. The number of pyridine rings is 1. The maximum Gasteiger partial charge on any atom is 0.407 e. The van der Waals surface area contributed by atoms with E-state index in [1.165, 1.54) is 29.9 Å². The smallest absolute Gasteiger partial charge is 0.407 e. The summed E-state index contributed by atoms with van der Waals surface area (Å²) in [5.41, 5.74) is 2.54. The van der Waals surface area contributed by atoms with Crippen LogP contribution in [-0.2, 0) is 48.0 Å². The van der Waals surface area contributed by atoms with Crippen LogP contribution in [0.15, 0.2) is 114 Å². The number of aromatic hydroxyl groups is 1. The second-order valence-corrected chi connectivity index (χ2v) is 24.0. The van der Waals surface area contributed by atoms with Gasteiger partial charge in [0.25, 0.3) is 0 Å². The highest BCUT2D eigenvalue weighted by Gasteiger charge is 2.34. The number of carbonyl (C=O) groups excluding carboxylic acids is 6. The first kappa shape index (κ1) is 63.5. The molecular formula is C60H82N10O9S2. The fourth-order valence-electron chi connectivity index (χ4n) is 9.39. The Labute approximate surface area is 483 Å². The van der Waals surface area contributed by atoms with Crippen LogP contribution >= 0.6 is 21.6 Å². The standard InChI is InChI=1S/C60H82N10O9S2/c1-6-7-31-70(32-33-80-81-52-22-14-16-29-61-52)53(73)28-27-49-55(74)68-50(35-42-23-25-46(72)26-24-42)56(75)66-45(36-43-37-64-48-21-12-11-20-47(43)48)39-63-44(19-13-15-30-62-59(78)79-60(3,4)5)38-65-54(40(2)71)58(77)69-51(57(76)67-49)34-41-17-9-8-10-18-41/h8-12,14,16-18,20-26,29,37,40,44-45,49-51,54,63-65,71-72H,6-7,13,15,19,27-28,30-36,38-39H2,1-5H3,(H,62,78)(H,66,75)(H,67,76)(H,68,74)(H,69,77)/t40-,44+,45-,49+,50+,51+,54+/m1/s1. The van der Waals surface area contributed by atoms with Gasteiger partial charge in [0.05, 0.1) is 6.10 Å². The first-order valence-corrected chi connectivity index (χ1v) is 30.4. The number of unbranched alkanes of at least 4 members (excludes halogenated alkanes) is 2. The molecule has 2 aromatic heterocycles. The molecule has 10 N–H and O–H groups in total. The van der Waals surface area contributed by atoms with Crippen molar-refractivity contribution in [2.24, 2.45) is 0 Å². The van der Waals surface area contributed by atoms with E-state index in [0.29, 0.717) is 62.2 Å². The van der Waals surface area contributed by atoms with E-state index in [9.17, 15) is 29.4 Å². The van der Waals surface area contributed by atoms with E-state index in [2.05, 4.69) is 47.2 Å². The molecule has 5 aromatic rings. The van der Waals surface area contributed by atoms with Gasteiger partial charge in [-0.15, -0.1) is 0 Å². The summed E-state index contributed by atoms with van der Waals surface area (Å²) in [6, 6.07) is 23.0. The summed E-state index contributed by atoms with van der Waals surface area (Å²) in [6.45, 7) is 10.6. The quantitative estimate of drug-likeness (QED) is 0.0262. The molecule has 21 heteroatoms. The number of hydrogen-bond donors (Lipinski definition) is 10. The molecule has 0 radical (unpaired) electrons. The van der Waals surface area contributed by atoms with E-state index in [-0.39, 0.29) is 56.5 Å². The van der Waals surface area contributed by atoms with Crippen LogP contribution in [0, 0.1) is 0 Å². The van der Waals surface area contributed by atoms with Gasteiger partial charge in [0.1, 0.15) is 40.5 Å². The molecule has 3 heterocycles. The Kier molecular flexibility index (Phi) is 25.7. The van der Waals surface area contributed by atoms with Gasteiger partial charge in [-0.05, 0) is 118 Å². The van der Waals surface area contributed by atoms with Gasteiger partial charge in [-0.25, -0.2) is 9.78 Å². The third-order valence-corrected chi connectivity index (χ3v) is 15.9. The summed E-state index contributed by atoms with van der Waals surface area (Å²) in [4.78, 5) is 95.6. The van der Waals surface area contributed by atoms with Crippen molar-refractivity contribution in [2.75, 3.05) is 38.5 Å². The van der Waals surface area contributed by atoms with E-state index >= 15 is 9.59 Å². The van der Waals surface area contributed by atoms with Crippen LogP contribution in [0.1, 0.15) is 96.3 Å². The number of H-pyrrole nitrogens is 1. The summed E-state index contributed by atoms with van der Waals surface area (Å²) in [6.07, 6.45) is 5.39. The lowest BCUT2D eigenvalue weighted by atomic mass is 10.00. The van der Waals surface area contributed by atoms with Crippen molar-refractivity contribution in [1.82, 2.24) is 52.1 Å². The van der Waals surface area contributed by atoms with Crippen LogP contribution in [-0.4, -0.2) is 147 Å². The number of phenolic OH excluding ortho intramolecular Hbond substituents is 1. The number of aliphatic hydroxyl groups is 1. The molecule has 0 spiro atoms. The largest absolute Gasteiger partial charge is 0.508 e. The predicted molar refractivity (Wildman–Crippen MR) is 318 cm³/mol. The number of alkyl carbamates (subject to hydrolysis) is 1. The molecule has 3 aromatic carbocycles. The molecule has 0 unspecified atom stereocenters. The number of para-hydroxylation sites is 1. The molecule has 81 heavy (non-hydrogen) atoms. The lowest BCUT2D eigenvalue weighted by molar-refractivity contribution is -0.135. The summed E-state index contributed by atoms with van der Waals surface area (Å²) in [5.74, 6) is -2.18. The number of nitrogens with one attached hydrogen (secondary N) is 8. The van der Waals surface area contributed by atoms with Gasteiger partial charge >= 0.3 is 6.09 Å². The molecule has 438 valence electrons. The first-order chi connectivity index (χ1) is 38.9. The van der Waals surface area contributed by atoms with Gasteiger partial charge in [-0.2, -0.15) is 0 Å². The van der Waals surface area contributed by atoms with Gasteiger partial charge in [0, 0.05) is 93.1 Å². The van der Waals surface area contributed by atoms with Gasteiger partial charge in [0.15, 0.2) is 0 Å². The Morgan fingerprint density at radius 3 is 2.10 bits per heavy atom. The van der Waals surface area contributed by atoms with Gasteiger partial charge in [-0.3, -0.25) is 24.0 Å². The molecule has 1 saturated heterocycles. The first-order valence-electron chi connectivity index (χ1n) is 28.1. The number of fused-ring (bicyclic) bond motifs is 1. The maximum atomic E-state index is 15.0. The molecule has 6 rings (SSSR count). The van der Waals surface area contributed by atoms with E-state index in [0.717, 1.165) is 34.3 Å². The second-order valence-electron chi connectivity index (χ2n) is 21.5. The number of rotatable bonds is 23. The summed E-state index contributed by atoms with van der Waals surface area (Å²) < 4.78 is 5.42. The molecule has 1 aliphatic rings. The molecule has 0 aliphatic carbocycles. The number of aromatic amines is 1. The van der Waals surface area contributed by atoms with E-state index < -0.39 is 71.6 Å². The third kappa shape index (κ3) is 22.0. The lowest BCUT2D eigenvalue weighted by Crippen LogP contribution is -2.61. The zero-order valence-electron chi connectivity index (χ0n) is 47.2. The Morgan fingerprint density at radius 1 is 0.741 bits per heavy atom. The second kappa shape index (κ2) is 32.7. The SMILES string of the molecule is CCCCN(CCSSc1ccccn1)C(=O)CC[C@@H]1NC(=O)[C@H](Cc2ccccc2)NC(=O)[C@H]([C@@H](C)O)NC[C@H](CCCCNC(=O)OC(C)(C)C)NC[C@@H](Cc2c[nH]c3ccccc23)NC(=O)[C@H](Cc2ccc(O)cc2)NC1=O. The minimum Gasteiger partial charge on any atom is -0.508 e. The van der Waals surface area contributed by atoms with Crippen molar-refractivity contribution >= 4 is 68.1 Å². The molecule has 0 bridgehead atoms. The van der Waals surface area contributed by atoms with Crippen LogP contribution in [0.4, 0.5) is 4.79 Å². The summed E-state index contributed by atoms with van der Waals surface area (Å²) in [7, 11) is 3.10. The highest BCUT2D eigenvalue weighted by Crippen LogP contribution is 2.29. The molecule has 1 fully saturated rings. The zero-order valence-corrected chi connectivity index (χ0v) is 48.8. The van der Waals surface area contributed by atoms with Crippen LogP contribution in [0.25, 0.3) is 10.9 Å². The molecule has 0 saturated carbocycles. The molecule has 7 atom stereocenters. The number of benzene rings is 3. The maximum absolute atomic E-state index is 15.0. The highest BCUT2D eigenvalue weighted by atomic mass is 33.1. The van der Waals surface area contributed by atoms with Crippen molar-refractivity contribution in [3.63, 3.8) is 0 Å². The van der Waals surface area contributed by atoms with Gasteiger partial charge in [-0.1, -0.05) is 97.3 Å². The normalized spacial score (nSPS) is 20.2. The molecule has 6 amide bonds. The van der Waals surface area contributed by atoms with Gasteiger partial charge < -0.3 is 62.1 Å². The molecular weight excluding hydrogens is 1070 g/mol. The van der Waals surface area contributed by atoms with Crippen molar-refractivity contribution in [2.45, 2.75) is 152 Å².